The number of aryl methyl sites for hydroxylation is 1. The summed E-state index contributed by atoms with van der Waals surface area (Å²) in [6, 6.07) is 7.52. The van der Waals surface area contributed by atoms with Gasteiger partial charge in [-0.25, -0.2) is 0 Å². The van der Waals surface area contributed by atoms with Gasteiger partial charge in [-0.2, -0.15) is 0 Å². The van der Waals surface area contributed by atoms with E-state index in [1.54, 1.807) is 6.07 Å². The fraction of sp³-hybridized carbons (Fsp3) is 0.600. The third kappa shape index (κ3) is 3.47. The standard InChI is InChI=1S/C15H22O2/c16-11-14-6-2-1-5-13(14)9-8-12-4-3-7-15(17)10-12/h3-4,7,10,13-14,16-17H,1-2,5-6,8-9,11H2. The molecule has 2 heteroatoms. The zero-order chi connectivity index (χ0) is 12.1. The van der Waals surface area contributed by atoms with Crippen LogP contribution in [0.4, 0.5) is 0 Å². The van der Waals surface area contributed by atoms with E-state index in [9.17, 15) is 10.2 Å². The third-order valence-corrected chi connectivity index (χ3v) is 4.02. The Bertz CT molecular complexity index is 349. The maximum atomic E-state index is 9.41. The summed E-state index contributed by atoms with van der Waals surface area (Å²) in [6.45, 7) is 0.338. The monoisotopic (exact) mass is 234 g/mol. The molecule has 94 valence electrons. The van der Waals surface area contributed by atoms with Crippen molar-refractivity contribution in [1.82, 2.24) is 0 Å². The van der Waals surface area contributed by atoms with Crippen LogP contribution in [-0.2, 0) is 6.42 Å². The van der Waals surface area contributed by atoms with Crippen LogP contribution in [0.1, 0.15) is 37.7 Å². The number of benzene rings is 1. The van der Waals surface area contributed by atoms with E-state index in [0.717, 1.165) is 12.8 Å². The lowest BCUT2D eigenvalue weighted by Gasteiger charge is -2.30. The van der Waals surface area contributed by atoms with Gasteiger partial charge in [-0.3, -0.25) is 0 Å². The van der Waals surface area contributed by atoms with Gasteiger partial charge in [-0.15, -0.1) is 0 Å². The SMILES string of the molecule is OCC1CCCCC1CCc1cccc(O)c1. The average Bonchev–Trinajstić information content (AvgIpc) is 2.37. The van der Waals surface area contributed by atoms with Crippen LogP contribution in [0.2, 0.25) is 0 Å². The first-order valence-corrected chi connectivity index (χ1v) is 6.68. The lowest BCUT2D eigenvalue weighted by molar-refractivity contribution is 0.129. The summed E-state index contributed by atoms with van der Waals surface area (Å²) in [5.41, 5.74) is 1.20. The average molecular weight is 234 g/mol. The fourth-order valence-electron chi connectivity index (χ4n) is 2.97. The van der Waals surface area contributed by atoms with Crippen molar-refractivity contribution >= 4 is 0 Å². The number of hydrogen-bond acceptors (Lipinski definition) is 2. The second-order valence-corrected chi connectivity index (χ2v) is 5.20. The topological polar surface area (TPSA) is 40.5 Å². The van der Waals surface area contributed by atoms with Gasteiger partial charge in [0.15, 0.2) is 0 Å². The predicted molar refractivity (Wildman–Crippen MR) is 69.0 cm³/mol. The predicted octanol–water partition coefficient (Wildman–Crippen LogP) is 3.12. The van der Waals surface area contributed by atoms with Crippen molar-refractivity contribution in [2.24, 2.45) is 11.8 Å². The highest BCUT2D eigenvalue weighted by molar-refractivity contribution is 5.27. The van der Waals surface area contributed by atoms with Crippen LogP contribution in [0.5, 0.6) is 5.75 Å². The Morgan fingerprint density at radius 2 is 1.88 bits per heavy atom. The van der Waals surface area contributed by atoms with Gasteiger partial charge >= 0.3 is 0 Å². The molecule has 0 amide bonds. The molecule has 2 N–H and O–H groups in total. The molecule has 0 aromatic heterocycles. The van der Waals surface area contributed by atoms with E-state index in [0.29, 0.717) is 24.2 Å². The van der Waals surface area contributed by atoms with Crippen molar-refractivity contribution in [2.45, 2.75) is 38.5 Å². The molecule has 2 atom stereocenters. The van der Waals surface area contributed by atoms with Crippen LogP contribution in [0.3, 0.4) is 0 Å². The summed E-state index contributed by atoms with van der Waals surface area (Å²) < 4.78 is 0. The van der Waals surface area contributed by atoms with Crippen LogP contribution in [0.25, 0.3) is 0 Å². The highest BCUT2D eigenvalue weighted by atomic mass is 16.3. The Morgan fingerprint density at radius 1 is 1.12 bits per heavy atom. The molecule has 0 heterocycles. The van der Waals surface area contributed by atoms with Gasteiger partial charge in [-0.05, 0) is 48.8 Å². The molecule has 17 heavy (non-hydrogen) atoms. The van der Waals surface area contributed by atoms with Crippen LogP contribution in [-0.4, -0.2) is 16.8 Å². The summed E-state index contributed by atoms with van der Waals surface area (Å²) in [7, 11) is 0. The molecule has 0 radical (unpaired) electrons. The van der Waals surface area contributed by atoms with Crippen molar-refractivity contribution in [3.63, 3.8) is 0 Å². The van der Waals surface area contributed by atoms with Crippen LogP contribution >= 0.6 is 0 Å². The quantitative estimate of drug-likeness (QED) is 0.840. The summed E-state index contributed by atoms with van der Waals surface area (Å²) >= 11 is 0. The lowest BCUT2D eigenvalue weighted by atomic mass is 9.77. The van der Waals surface area contributed by atoms with Gasteiger partial charge in [-0.1, -0.05) is 31.4 Å². The maximum absolute atomic E-state index is 9.41. The van der Waals surface area contributed by atoms with E-state index in [2.05, 4.69) is 6.07 Å². The summed E-state index contributed by atoms with van der Waals surface area (Å²) in [6.07, 6.45) is 7.16. The molecule has 1 aromatic rings. The smallest absolute Gasteiger partial charge is 0.115 e. The van der Waals surface area contributed by atoms with Gasteiger partial charge < -0.3 is 10.2 Å². The number of phenols is 1. The number of hydrogen-bond donors (Lipinski definition) is 2. The molecule has 0 saturated heterocycles. The van der Waals surface area contributed by atoms with Crippen molar-refractivity contribution in [2.75, 3.05) is 6.61 Å². The number of aliphatic hydroxyl groups is 1. The molecule has 2 nitrogen and oxygen atoms in total. The van der Waals surface area contributed by atoms with E-state index in [1.165, 1.54) is 31.2 Å². The Hall–Kier alpha value is -1.02. The van der Waals surface area contributed by atoms with E-state index in [-0.39, 0.29) is 0 Å². The molecule has 1 aromatic carbocycles. The maximum Gasteiger partial charge on any atom is 0.115 e. The number of aliphatic hydroxyl groups excluding tert-OH is 1. The molecule has 2 rings (SSSR count). The zero-order valence-corrected chi connectivity index (χ0v) is 10.3. The summed E-state index contributed by atoms with van der Waals surface area (Å²) in [4.78, 5) is 0. The van der Waals surface area contributed by atoms with Crippen molar-refractivity contribution in [1.29, 1.82) is 0 Å². The highest BCUT2D eigenvalue weighted by Gasteiger charge is 2.23. The molecule has 2 unspecified atom stereocenters. The first kappa shape index (κ1) is 12.4. The lowest BCUT2D eigenvalue weighted by Crippen LogP contribution is -2.23. The molecule has 0 spiro atoms. The highest BCUT2D eigenvalue weighted by Crippen LogP contribution is 2.33. The third-order valence-electron chi connectivity index (χ3n) is 4.02. The van der Waals surface area contributed by atoms with Gasteiger partial charge in [0, 0.05) is 6.61 Å². The van der Waals surface area contributed by atoms with Crippen molar-refractivity contribution in [3.8, 4) is 5.75 Å². The minimum absolute atomic E-state index is 0.338. The summed E-state index contributed by atoms with van der Waals surface area (Å²) in [5, 5.41) is 18.8. The van der Waals surface area contributed by atoms with E-state index in [4.69, 9.17) is 0 Å². The first-order chi connectivity index (χ1) is 8.29. The first-order valence-electron chi connectivity index (χ1n) is 6.68. The molecule has 1 fully saturated rings. The van der Waals surface area contributed by atoms with E-state index in [1.807, 2.05) is 12.1 Å². The normalized spacial score (nSPS) is 24.8. The minimum atomic E-state index is 0.338. The Morgan fingerprint density at radius 3 is 2.59 bits per heavy atom. The molecule has 1 saturated carbocycles. The molecule has 0 bridgehead atoms. The summed E-state index contributed by atoms with van der Waals surface area (Å²) in [5.74, 6) is 1.52. The van der Waals surface area contributed by atoms with Crippen molar-refractivity contribution < 1.29 is 10.2 Å². The van der Waals surface area contributed by atoms with Crippen LogP contribution in [0, 0.1) is 11.8 Å². The largest absolute Gasteiger partial charge is 0.508 e. The van der Waals surface area contributed by atoms with Gasteiger partial charge in [0.05, 0.1) is 0 Å². The molecule has 1 aliphatic carbocycles. The zero-order valence-electron chi connectivity index (χ0n) is 10.3. The molecule has 1 aliphatic rings. The van der Waals surface area contributed by atoms with Crippen LogP contribution in [0.15, 0.2) is 24.3 Å². The Balaban J connectivity index is 1.88. The van der Waals surface area contributed by atoms with Gasteiger partial charge in [0.1, 0.15) is 5.75 Å². The number of phenolic OH excluding ortho intramolecular Hbond substituents is 1. The van der Waals surface area contributed by atoms with Gasteiger partial charge in [0.2, 0.25) is 0 Å². The Labute approximate surface area is 103 Å². The second-order valence-electron chi connectivity index (χ2n) is 5.20. The number of rotatable bonds is 4. The molecular weight excluding hydrogens is 212 g/mol. The van der Waals surface area contributed by atoms with Crippen molar-refractivity contribution in [3.05, 3.63) is 29.8 Å². The Kier molecular flexibility index (Phi) is 4.43. The fourth-order valence-corrected chi connectivity index (χ4v) is 2.97. The number of aromatic hydroxyl groups is 1. The second kappa shape index (κ2) is 6.06. The van der Waals surface area contributed by atoms with E-state index < -0.39 is 0 Å². The molecule has 0 aliphatic heterocycles. The minimum Gasteiger partial charge on any atom is -0.508 e. The van der Waals surface area contributed by atoms with Gasteiger partial charge in [0.25, 0.3) is 0 Å². The molecular formula is C15H22O2. The van der Waals surface area contributed by atoms with E-state index >= 15 is 0 Å². The van der Waals surface area contributed by atoms with Crippen LogP contribution < -0.4 is 0 Å².